The second kappa shape index (κ2) is 6.41. The van der Waals surface area contributed by atoms with Crippen molar-refractivity contribution in [3.63, 3.8) is 0 Å². The van der Waals surface area contributed by atoms with Crippen LogP contribution < -0.4 is 10.6 Å². The number of carbonyl (C=O) groups excluding carboxylic acids is 1. The first-order valence-electron chi connectivity index (χ1n) is 5.74. The molecule has 0 spiro atoms. The molecule has 0 aliphatic rings. The number of rotatable bonds is 6. The maximum Gasteiger partial charge on any atom is 0.238 e. The lowest BCUT2D eigenvalue weighted by Crippen LogP contribution is -2.28. The zero-order chi connectivity index (χ0) is 13.5. The molecule has 2 N–H and O–H groups in total. The van der Waals surface area contributed by atoms with Gasteiger partial charge in [-0.05, 0) is 34.7 Å². The molecule has 19 heavy (non-hydrogen) atoms. The number of nitrogens with zero attached hydrogens (tertiary/aromatic N) is 4. The fraction of sp³-hybridized carbons (Fsp3) is 0.167. The Hall–Kier alpha value is -2.54. The molecule has 1 aromatic heterocycles. The van der Waals surface area contributed by atoms with Gasteiger partial charge in [0, 0.05) is 12.2 Å². The largest absolute Gasteiger partial charge is 0.325 e. The normalized spacial score (nSPS) is 10.1. The Balaban J connectivity index is 1.92. The molecule has 2 aromatic rings. The Morgan fingerprint density at radius 1 is 1.37 bits per heavy atom. The van der Waals surface area contributed by atoms with Gasteiger partial charge in [0.05, 0.1) is 12.2 Å². The van der Waals surface area contributed by atoms with Crippen molar-refractivity contribution < 1.29 is 4.79 Å². The van der Waals surface area contributed by atoms with Gasteiger partial charge in [0.15, 0.2) is 0 Å². The van der Waals surface area contributed by atoms with E-state index in [1.165, 1.54) is 11.0 Å². The van der Waals surface area contributed by atoms with Crippen molar-refractivity contribution in [3.8, 4) is 5.69 Å². The Morgan fingerprint density at radius 3 is 2.79 bits per heavy atom. The summed E-state index contributed by atoms with van der Waals surface area (Å²) in [6.45, 7) is 4.42. The molecule has 0 saturated heterocycles. The third-order valence-corrected chi connectivity index (χ3v) is 2.34. The molecule has 7 nitrogen and oxygen atoms in total. The number of hydrogen-bond acceptors (Lipinski definition) is 5. The lowest BCUT2D eigenvalue weighted by molar-refractivity contribution is -0.115. The van der Waals surface area contributed by atoms with Crippen molar-refractivity contribution >= 4 is 11.6 Å². The molecule has 7 heteroatoms. The molecular formula is C12H14N6O. The van der Waals surface area contributed by atoms with Crippen molar-refractivity contribution in [3.05, 3.63) is 43.2 Å². The van der Waals surface area contributed by atoms with Gasteiger partial charge in [-0.25, -0.2) is 4.68 Å². The molecule has 0 aliphatic heterocycles. The van der Waals surface area contributed by atoms with E-state index < -0.39 is 0 Å². The molecule has 2 rings (SSSR count). The van der Waals surface area contributed by atoms with E-state index in [4.69, 9.17) is 0 Å². The van der Waals surface area contributed by atoms with E-state index >= 15 is 0 Å². The summed E-state index contributed by atoms with van der Waals surface area (Å²) in [5.41, 5.74) is 1.55. The maximum atomic E-state index is 11.6. The summed E-state index contributed by atoms with van der Waals surface area (Å²) in [5.74, 6) is -0.1000. The predicted molar refractivity (Wildman–Crippen MR) is 70.9 cm³/mol. The highest BCUT2D eigenvalue weighted by Gasteiger charge is 2.02. The zero-order valence-electron chi connectivity index (χ0n) is 10.3. The highest BCUT2D eigenvalue weighted by atomic mass is 16.1. The summed E-state index contributed by atoms with van der Waals surface area (Å²) in [6.07, 6.45) is 3.21. The molecular weight excluding hydrogens is 244 g/mol. The number of tetrazole rings is 1. The smallest absolute Gasteiger partial charge is 0.238 e. The Bertz CT molecular complexity index is 534. The van der Waals surface area contributed by atoms with Gasteiger partial charge in [-0.3, -0.25) is 4.79 Å². The minimum absolute atomic E-state index is 0.1000. The molecule has 1 amide bonds. The number of amides is 1. The topological polar surface area (TPSA) is 84.7 Å². The number of benzene rings is 1. The highest BCUT2D eigenvalue weighted by molar-refractivity contribution is 5.92. The van der Waals surface area contributed by atoms with Crippen molar-refractivity contribution in [1.29, 1.82) is 0 Å². The van der Waals surface area contributed by atoms with Gasteiger partial charge in [0.1, 0.15) is 6.33 Å². The van der Waals surface area contributed by atoms with Crippen LogP contribution in [0.4, 0.5) is 5.69 Å². The second-order valence-corrected chi connectivity index (χ2v) is 3.77. The van der Waals surface area contributed by atoms with Gasteiger partial charge >= 0.3 is 0 Å². The summed E-state index contributed by atoms with van der Waals surface area (Å²) in [5, 5.41) is 16.6. The van der Waals surface area contributed by atoms with Crippen LogP contribution in [0.5, 0.6) is 0 Å². The van der Waals surface area contributed by atoms with Crippen LogP contribution in [-0.4, -0.2) is 39.2 Å². The number of nitrogens with one attached hydrogen (secondary N) is 2. The number of carbonyl (C=O) groups is 1. The van der Waals surface area contributed by atoms with Gasteiger partial charge in [-0.15, -0.1) is 11.7 Å². The minimum Gasteiger partial charge on any atom is -0.325 e. The van der Waals surface area contributed by atoms with Gasteiger partial charge < -0.3 is 10.6 Å². The molecule has 0 radical (unpaired) electrons. The van der Waals surface area contributed by atoms with E-state index in [-0.39, 0.29) is 12.5 Å². The first-order chi connectivity index (χ1) is 9.29. The Labute approximate surface area is 110 Å². The lowest BCUT2D eigenvalue weighted by Gasteiger charge is -2.06. The van der Waals surface area contributed by atoms with Crippen LogP contribution in [0, 0.1) is 0 Å². The van der Waals surface area contributed by atoms with Crippen LogP contribution in [0.25, 0.3) is 5.69 Å². The molecule has 98 valence electrons. The summed E-state index contributed by atoms with van der Waals surface area (Å²) in [7, 11) is 0. The molecule has 1 aromatic carbocycles. The van der Waals surface area contributed by atoms with Gasteiger partial charge in [-0.2, -0.15) is 0 Å². The summed E-state index contributed by atoms with van der Waals surface area (Å²) in [4.78, 5) is 11.6. The van der Waals surface area contributed by atoms with E-state index in [2.05, 4.69) is 32.7 Å². The molecule has 0 aliphatic carbocycles. The molecule has 1 heterocycles. The van der Waals surface area contributed by atoms with E-state index in [9.17, 15) is 4.79 Å². The van der Waals surface area contributed by atoms with Crippen molar-refractivity contribution in [2.45, 2.75) is 0 Å². The van der Waals surface area contributed by atoms with Crippen LogP contribution in [-0.2, 0) is 4.79 Å². The SMILES string of the molecule is C=CCNCC(=O)Nc1ccc(-n2cnnn2)cc1. The fourth-order valence-corrected chi connectivity index (χ4v) is 1.47. The monoisotopic (exact) mass is 258 g/mol. The van der Waals surface area contributed by atoms with E-state index in [1.54, 1.807) is 18.2 Å². The molecule has 0 fully saturated rings. The van der Waals surface area contributed by atoms with Gasteiger partial charge in [0.2, 0.25) is 5.91 Å². The predicted octanol–water partition coefficient (Wildman–Crippen LogP) is 0.376. The van der Waals surface area contributed by atoms with E-state index in [1.807, 2.05) is 12.1 Å². The average molecular weight is 258 g/mol. The van der Waals surface area contributed by atoms with Crippen molar-refractivity contribution in [1.82, 2.24) is 25.5 Å². The Kier molecular flexibility index (Phi) is 4.35. The van der Waals surface area contributed by atoms with Crippen LogP contribution in [0.15, 0.2) is 43.2 Å². The standard InChI is InChI=1S/C12H14N6O/c1-2-7-13-8-12(19)15-10-3-5-11(6-4-10)18-9-14-16-17-18/h2-6,9,13H,1,7-8H2,(H,15,19). The zero-order valence-corrected chi connectivity index (χ0v) is 10.3. The fourth-order valence-electron chi connectivity index (χ4n) is 1.47. The van der Waals surface area contributed by atoms with Crippen molar-refractivity contribution in [2.24, 2.45) is 0 Å². The lowest BCUT2D eigenvalue weighted by atomic mass is 10.3. The first kappa shape index (κ1) is 12.9. The molecule has 0 unspecified atom stereocenters. The van der Waals surface area contributed by atoms with Crippen molar-refractivity contribution in [2.75, 3.05) is 18.4 Å². The molecule has 0 atom stereocenters. The second-order valence-electron chi connectivity index (χ2n) is 3.77. The first-order valence-corrected chi connectivity index (χ1v) is 5.74. The average Bonchev–Trinajstić information content (AvgIpc) is 2.94. The maximum absolute atomic E-state index is 11.6. The van der Waals surface area contributed by atoms with Crippen LogP contribution in [0.3, 0.4) is 0 Å². The number of hydrogen-bond donors (Lipinski definition) is 2. The van der Waals surface area contributed by atoms with Crippen LogP contribution in [0.1, 0.15) is 0 Å². The summed E-state index contributed by atoms with van der Waals surface area (Å²) in [6, 6.07) is 7.23. The molecule has 0 bridgehead atoms. The van der Waals surface area contributed by atoms with E-state index in [0.717, 1.165) is 11.4 Å². The Morgan fingerprint density at radius 2 is 2.16 bits per heavy atom. The van der Waals surface area contributed by atoms with Crippen LogP contribution in [0.2, 0.25) is 0 Å². The third-order valence-electron chi connectivity index (χ3n) is 2.34. The molecule has 0 saturated carbocycles. The summed E-state index contributed by atoms with van der Waals surface area (Å²) < 4.78 is 1.54. The third kappa shape index (κ3) is 3.71. The summed E-state index contributed by atoms with van der Waals surface area (Å²) >= 11 is 0. The highest BCUT2D eigenvalue weighted by Crippen LogP contribution is 2.11. The number of aromatic nitrogens is 4. The van der Waals surface area contributed by atoms with Crippen LogP contribution >= 0.6 is 0 Å². The van der Waals surface area contributed by atoms with E-state index in [0.29, 0.717) is 6.54 Å². The minimum atomic E-state index is -0.1000. The van der Waals surface area contributed by atoms with Gasteiger partial charge in [0.25, 0.3) is 0 Å². The number of anilines is 1. The quantitative estimate of drug-likeness (QED) is 0.578. The van der Waals surface area contributed by atoms with Gasteiger partial charge in [-0.1, -0.05) is 6.08 Å².